The molecule has 6 heteroatoms. The lowest BCUT2D eigenvalue weighted by atomic mass is 9.80. The van der Waals surface area contributed by atoms with Crippen LogP contribution in [-0.4, -0.2) is 74.9 Å². The van der Waals surface area contributed by atoms with Gasteiger partial charge in [0.1, 0.15) is 5.82 Å². The van der Waals surface area contributed by atoms with E-state index in [2.05, 4.69) is 4.90 Å². The van der Waals surface area contributed by atoms with Gasteiger partial charge in [-0.05, 0) is 12.1 Å². The van der Waals surface area contributed by atoms with E-state index in [1.165, 1.54) is 6.07 Å². The van der Waals surface area contributed by atoms with Crippen molar-refractivity contribution in [2.75, 3.05) is 59.2 Å². The summed E-state index contributed by atoms with van der Waals surface area (Å²) in [5, 5.41) is 0. The number of likely N-dealkylation sites (tertiary alicyclic amines) is 1. The van der Waals surface area contributed by atoms with Crippen molar-refractivity contribution >= 4 is 5.91 Å². The van der Waals surface area contributed by atoms with Gasteiger partial charge in [0.2, 0.25) is 0 Å². The summed E-state index contributed by atoms with van der Waals surface area (Å²) < 4.78 is 25.1. The first-order chi connectivity index (χ1) is 11.7. The monoisotopic (exact) mass is 334 g/mol. The van der Waals surface area contributed by atoms with Crippen LogP contribution in [0.3, 0.4) is 0 Å². The summed E-state index contributed by atoms with van der Waals surface area (Å²) >= 11 is 0. The molecule has 3 fully saturated rings. The number of hydrogen-bond acceptors (Lipinski definition) is 4. The molecule has 1 amide bonds. The van der Waals surface area contributed by atoms with E-state index in [1.54, 1.807) is 18.2 Å². The molecule has 2 atom stereocenters. The van der Waals surface area contributed by atoms with E-state index in [0.29, 0.717) is 32.2 Å². The predicted octanol–water partition coefficient (Wildman–Crippen LogP) is 1.25. The average Bonchev–Trinajstić information content (AvgIpc) is 3.12. The maximum Gasteiger partial charge on any atom is 0.256 e. The minimum absolute atomic E-state index is 0.0295. The molecule has 0 bridgehead atoms. The van der Waals surface area contributed by atoms with Gasteiger partial charge in [0, 0.05) is 44.1 Å². The zero-order chi connectivity index (χ0) is 16.6. The highest BCUT2D eigenvalue weighted by Gasteiger charge is 2.52. The van der Waals surface area contributed by atoms with Gasteiger partial charge in [0.15, 0.2) is 0 Å². The van der Waals surface area contributed by atoms with Crippen LogP contribution < -0.4 is 0 Å². The number of amides is 1. The van der Waals surface area contributed by atoms with Crippen LogP contribution in [-0.2, 0) is 9.47 Å². The highest BCUT2D eigenvalue weighted by Crippen LogP contribution is 2.42. The van der Waals surface area contributed by atoms with Crippen LogP contribution in [0.15, 0.2) is 24.3 Å². The fourth-order valence-corrected chi connectivity index (χ4v) is 4.22. The lowest BCUT2D eigenvalue weighted by Crippen LogP contribution is -2.47. The minimum atomic E-state index is -0.446. The van der Waals surface area contributed by atoms with Crippen LogP contribution in [0.2, 0.25) is 0 Å². The molecule has 4 rings (SSSR count). The van der Waals surface area contributed by atoms with Crippen LogP contribution in [0, 0.1) is 17.2 Å². The van der Waals surface area contributed by atoms with E-state index in [4.69, 9.17) is 9.47 Å². The normalized spacial score (nSPS) is 30.5. The van der Waals surface area contributed by atoms with Crippen LogP contribution in [0.1, 0.15) is 10.4 Å². The first-order valence-electron chi connectivity index (χ1n) is 8.60. The number of rotatable bonds is 3. The Morgan fingerprint density at radius 2 is 2.04 bits per heavy atom. The van der Waals surface area contributed by atoms with Crippen LogP contribution in [0.4, 0.5) is 4.39 Å². The van der Waals surface area contributed by atoms with Gasteiger partial charge in [-0.2, -0.15) is 0 Å². The Morgan fingerprint density at radius 1 is 1.25 bits per heavy atom. The van der Waals surface area contributed by atoms with Crippen molar-refractivity contribution in [1.29, 1.82) is 0 Å². The smallest absolute Gasteiger partial charge is 0.256 e. The molecule has 24 heavy (non-hydrogen) atoms. The summed E-state index contributed by atoms with van der Waals surface area (Å²) in [6.07, 6.45) is 0. The van der Waals surface area contributed by atoms with Crippen molar-refractivity contribution in [2.45, 2.75) is 0 Å². The van der Waals surface area contributed by atoms with Crippen LogP contribution in [0.25, 0.3) is 0 Å². The molecule has 3 aliphatic heterocycles. The first kappa shape index (κ1) is 16.0. The zero-order valence-electron chi connectivity index (χ0n) is 13.7. The minimum Gasteiger partial charge on any atom is -0.380 e. The van der Waals surface area contributed by atoms with Gasteiger partial charge in [-0.1, -0.05) is 12.1 Å². The van der Waals surface area contributed by atoms with Gasteiger partial charge >= 0.3 is 0 Å². The van der Waals surface area contributed by atoms with Gasteiger partial charge in [-0.15, -0.1) is 0 Å². The Hall–Kier alpha value is -1.50. The number of nitrogens with zero attached hydrogens (tertiary/aromatic N) is 2. The van der Waals surface area contributed by atoms with E-state index in [0.717, 1.165) is 32.8 Å². The molecule has 1 aromatic carbocycles. The largest absolute Gasteiger partial charge is 0.380 e. The van der Waals surface area contributed by atoms with E-state index in [-0.39, 0.29) is 16.9 Å². The fourth-order valence-electron chi connectivity index (χ4n) is 4.22. The highest BCUT2D eigenvalue weighted by atomic mass is 19.1. The number of fused-ring (bicyclic) bond motifs is 1. The number of carbonyl (C=O) groups excluding carboxylic acids is 1. The van der Waals surface area contributed by atoms with Gasteiger partial charge in [-0.25, -0.2) is 4.39 Å². The molecule has 3 aliphatic rings. The number of carbonyl (C=O) groups is 1. The lowest BCUT2D eigenvalue weighted by Gasteiger charge is -2.36. The number of ether oxygens (including phenoxy) is 2. The fraction of sp³-hybridized carbons (Fsp3) is 0.611. The molecular weight excluding hydrogens is 311 g/mol. The quantitative estimate of drug-likeness (QED) is 0.834. The number of hydrogen-bond donors (Lipinski definition) is 0. The van der Waals surface area contributed by atoms with Crippen molar-refractivity contribution in [3.05, 3.63) is 35.6 Å². The summed E-state index contributed by atoms with van der Waals surface area (Å²) in [7, 11) is 0. The molecule has 3 saturated heterocycles. The number of morpholine rings is 1. The summed E-state index contributed by atoms with van der Waals surface area (Å²) in [6.45, 7) is 6.95. The maximum atomic E-state index is 14.0. The molecule has 130 valence electrons. The number of benzene rings is 1. The van der Waals surface area contributed by atoms with Gasteiger partial charge in [0.25, 0.3) is 5.91 Å². The van der Waals surface area contributed by atoms with Gasteiger partial charge in [-0.3, -0.25) is 9.69 Å². The van der Waals surface area contributed by atoms with Gasteiger partial charge in [0.05, 0.1) is 32.0 Å². The van der Waals surface area contributed by atoms with E-state index in [9.17, 15) is 9.18 Å². The third-order valence-electron chi connectivity index (χ3n) is 5.55. The molecule has 0 aliphatic carbocycles. The Kier molecular flexibility index (Phi) is 4.28. The summed E-state index contributed by atoms with van der Waals surface area (Å²) in [5.74, 6) is -0.321. The third kappa shape index (κ3) is 2.83. The van der Waals surface area contributed by atoms with Crippen molar-refractivity contribution in [3.8, 4) is 0 Å². The summed E-state index contributed by atoms with van der Waals surface area (Å²) in [4.78, 5) is 17.0. The molecule has 0 unspecified atom stereocenters. The zero-order valence-corrected chi connectivity index (χ0v) is 13.7. The summed E-state index contributed by atoms with van der Waals surface area (Å²) in [5.41, 5.74) is 0.137. The lowest BCUT2D eigenvalue weighted by molar-refractivity contribution is 0.0104. The average molecular weight is 334 g/mol. The van der Waals surface area contributed by atoms with E-state index in [1.807, 2.05) is 4.90 Å². The molecule has 0 aromatic heterocycles. The maximum absolute atomic E-state index is 14.0. The first-order valence-corrected chi connectivity index (χ1v) is 8.60. The second-order valence-corrected chi connectivity index (χ2v) is 7.13. The Balaban J connectivity index is 1.50. The topological polar surface area (TPSA) is 42.0 Å². The van der Waals surface area contributed by atoms with Crippen LogP contribution in [0.5, 0.6) is 0 Å². The third-order valence-corrected chi connectivity index (χ3v) is 5.55. The Bertz CT molecular complexity index is 620. The van der Waals surface area contributed by atoms with Gasteiger partial charge < -0.3 is 14.4 Å². The molecule has 0 saturated carbocycles. The Morgan fingerprint density at radius 3 is 2.83 bits per heavy atom. The van der Waals surface area contributed by atoms with Crippen molar-refractivity contribution in [3.63, 3.8) is 0 Å². The molecule has 0 spiro atoms. The molecule has 0 N–H and O–H groups in total. The molecule has 0 radical (unpaired) electrons. The number of halogens is 1. The van der Waals surface area contributed by atoms with Crippen molar-refractivity contribution in [2.24, 2.45) is 11.3 Å². The van der Waals surface area contributed by atoms with E-state index < -0.39 is 5.82 Å². The highest BCUT2D eigenvalue weighted by molar-refractivity contribution is 5.94. The predicted molar refractivity (Wildman–Crippen MR) is 86.3 cm³/mol. The van der Waals surface area contributed by atoms with Crippen LogP contribution >= 0.6 is 0 Å². The van der Waals surface area contributed by atoms with Crippen molar-refractivity contribution < 1.29 is 18.7 Å². The second kappa shape index (κ2) is 6.43. The Labute approximate surface area is 141 Å². The van der Waals surface area contributed by atoms with E-state index >= 15 is 0 Å². The molecule has 1 aromatic rings. The molecule has 5 nitrogen and oxygen atoms in total. The van der Waals surface area contributed by atoms with Crippen molar-refractivity contribution in [1.82, 2.24) is 9.80 Å². The summed E-state index contributed by atoms with van der Waals surface area (Å²) in [6, 6.07) is 6.23. The molecule has 3 heterocycles. The molecular formula is C18H23FN2O3. The second-order valence-electron chi connectivity index (χ2n) is 7.13. The standard InChI is InChI=1S/C18H23FN2O3/c19-16-4-2-1-3-15(16)17(22)21-9-14-10-24-13-18(14,12-21)11-20-5-7-23-8-6-20/h1-4,14H,5-13H2/t14-,18+/m0/s1. The SMILES string of the molecule is O=C(c1ccccc1F)N1C[C@H]2COC[C@@]2(CN2CCOCC2)C1.